The highest BCUT2D eigenvalue weighted by molar-refractivity contribution is 9.09. The lowest BCUT2D eigenvalue weighted by atomic mass is 10.0. The Morgan fingerprint density at radius 2 is 2.00 bits per heavy atom. The fraction of sp³-hybridized carbons (Fsp3) is 0.923. The highest BCUT2D eigenvalue weighted by Crippen LogP contribution is 2.39. The fourth-order valence-corrected chi connectivity index (χ4v) is 3.06. The number of piperidine rings is 1. The second kappa shape index (κ2) is 6.48. The number of nitrogens with zero attached hydrogens (tertiary/aromatic N) is 1. The Labute approximate surface area is 120 Å². The van der Waals surface area contributed by atoms with Crippen molar-refractivity contribution in [3.63, 3.8) is 0 Å². The first-order chi connectivity index (χ1) is 9.02. The third-order valence-corrected chi connectivity index (χ3v) is 4.26. The van der Waals surface area contributed by atoms with E-state index in [4.69, 9.17) is 4.74 Å². The van der Waals surface area contributed by atoms with Crippen LogP contribution in [0.5, 0.6) is 0 Å². The predicted molar refractivity (Wildman–Crippen MR) is 71.6 cm³/mol. The molecule has 1 aliphatic heterocycles. The van der Waals surface area contributed by atoms with E-state index in [0.717, 1.165) is 18.2 Å². The third-order valence-electron chi connectivity index (χ3n) is 3.94. The maximum Gasteiger partial charge on any atom is 0.248 e. The van der Waals surface area contributed by atoms with Crippen molar-refractivity contribution >= 4 is 21.8 Å². The number of halogens is 3. The van der Waals surface area contributed by atoms with Crippen molar-refractivity contribution in [1.29, 1.82) is 0 Å². The minimum atomic E-state index is -2.64. The van der Waals surface area contributed by atoms with Crippen LogP contribution in [0.2, 0.25) is 0 Å². The molecule has 19 heavy (non-hydrogen) atoms. The van der Waals surface area contributed by atoms with Crippen LogP contribution in [-0.4, -0.2) is 47.9 Å². The monoisotopic (exact) mass is 339 g/mol. The highest BCUT2D eigenvalue weighted by Gasteiger charge is 2.43. The van der Waals surface area contributed by atoms with E-state index in [0.29, 0.717) is 26.1 Å². The standard InChI is InChI=1S/C13H20BrF2NO2/c14-5-8-19-11-2-6-17(7-3-11)12(18)10-1-4-13(15,16)9-10/h10-11H,1-9H2. The quantitative estimate of drug-likeness (QED) is 0.737. The molecule has 6 heteroatoms. The molecule has 0 spiro atoms. The zero-order valence-corrected chi connectivity index (χ0v) is 12.5. The van der Waals surface area contributed by atoms with Gasteiger partial charge in [0.15, 0.2) is 0 Å². The zero-order valence-electron chi connectivity index (χ0n) is 10.9. The van der Waals surface area contributed by atoms with Gasteiger partial charge in [0.05, 0.1) is 12.7 Å². The molecule has 110 valence electrons. The van der Waals surface area contributed by atoms with E-state index in [1.54, 1.807) is 4.90 Å². The van der Waals surface area contributed by atoms with Crippen LogP contribution < -0.4 is 0 Å². The van der Waals surface area contributed by atoms with Crippen LogP contribution in [0.25, 0.3) is 0 Å². The van der Waals surface area contributed by atoms with E-state index in [1.807, 2.05) is 0 Å². The molecule has 1 saturated heterocycles. The van der Waals surface area contributed by atoms with E-state index in [1.165, 1.54) is 0 Å². The minimum absolute atomic E-state index is 0.0869. The summed E-state index contributed by atoms with van der Waals surface area (Å²) >= 11 is 3.31. The number of likely N-dealkylation sites (tertiary alicyclic amines) is 1. The topological polar surface area (TPSA) is 29.5 Å². The smallest absolute Gasteiger partial charge is 0.248 e. The van der Waals surface area contributed by atoms with E-state index in [-0.39, 0.29) is 24.9 Å². The molecule has 2 fully saturated rings. The summed E-state index contributed by atoms with van der Waals surface area (Å²) in [6, 6.07) is 0. The Bertz CT molecular complexity index is 320. The van der Waals surface area contributed by atoms with Gasteiger partial charge in [-0.15, -0.1) is 0 Å². The Balaban J connectivity index is 1.77. The SMILES string of the molecule is O=C(C1CCC(F)(F)C1)N1CCC(OCCBr)CC1. The number of carbonyl (C=O) groups excluding carboxylic acids is 1. The molecule has 1 unspecified atom stereocenters. The molecule has 1 aliphatic carbocycles. The van der Waals surface area contributed by atoms with E-state index in [9.17, 15) is 13.6 Å². The van der Waals surface area contributed by atoms with Gasteiger partial charge in [-0.3, -0.25) is 4.79 Å². The van der Waals surface area contributed by atoms with Gasteiger partial charge < -0.3 is 9.64 Å². The van der Waals surface area contributed by atoms with Crippen LogP contribution in [0.3, 0.4) is 0 Å². The maximum atomic E-state index is 13.1. The van der Waals surface area contributed by atoms with Crippen molar-refractivity contribution in [3.8, 4) is 0 Å². The number of hydrogen-bond donors (Lipinski definition) is 0. The largest absolute Gasteiger partial charge is 0.377 e. The van der Waals surface area contributed by atoms with Gasteiger partial charge in [0, 0.05) is 37.2 Å². The molecule has 1 atom stereocenters. The molecule has 0 radical (unpaired) electrons. The predicted octanol–water partition coefficient (Wildman–Crippen LogP) is 2.82. The Morgan fingerprint density at radius 3 is 2.53 bits per heavy atom. The Kier molecular flexibility index (Phi) is 5.17. The van der Waals surface area contributed by atoms with Crippen LogP contribution in [0, 0.1) is 5.92 Å². The summed E-state index contributed by atoms with van der Waals surface area (Å²) in [6.07, 6.45) is 1.72. The molecule has 0 N–H and O–H groups in total. The van der Waals surface area contributed by atoms with Crippen molar-refractivity contribution in [2.75, 3.05) is 25.0 Å². The van der Waals surface area contributed by atoms with Crippen molar-refractivity contribution in [2.24, 2.45) is 5.92 Å². The van der Waals surface area contributed by atoms with Crippen molar-refractivity contribution < 1.29 is 18.3 Å². The molecule has 0 aromatic heterocycles. The van der Waals surface area contributed by atoms with E-state index >= 15 is 0 Å². The van der Waals surface area contributed by atoms with Crippen LogP contribution in [-0.2, 0) is 9.53 Å². The average molecular weight is 340 g/mol. The molecule has 2 aliphatic rings. The molecule has 0 bridgehead atoms. The molecular formula is C13H20BrF2NO2. The van der Waals surface area contributed by atoms with E-state index in [2.05, 4.69) is 15.9 Å². The number of hydrogen-bond acceptors (Lipinski definition) is 2. The van der Waals surface area contributed by atoms with Gasteiger partial charge in [-0.05, 0) is 19.3 Å². The van der Waals surface area contributed by atoms with Crippen LogP contribution >= 0.6 is 15.9 Å². The van der Waals surface area contributed by atoms with Gasteiger partial charge in [0.25, 0.3) is 0 Å². The summed E-state index contributed by atoms with van der Waals surface area (Å²) in [7, 11) is 0. The first-order valence-electron chi connectivity index (χ1n) is 6.86. The Hall–Kier alpha value is -0.230. The van der Waals surface area contributed by atoms with Crippen LogP contribution in [0.15, 0.2) is 0 Å². The van der Waals surface area contributed by atoms with Crippen molar-refractivity contribution in [1.82, 2.24) is 4.90 Å². The summed E-state index contributed by atoms with van der Waals surface area (Å²) in [5, 5.41) is 0.809. The second-order valence-electron chi connectivity index (χ2n) is 5.38. The number of amides is 1. The lowest BCUT2D eigenvalue weighted by Gasteiger charge is -2.33. The molecule has 0 aromatic rings. The summed E-state index contributed by atoms with van der Waals surface area (Å²) < 4.78 is 31.9. The minimum Gasteiger partial charge on any atom is -0.377 e. The molecule has 1 saturated carbocycles. The molecule has 1 amide bonds. The number of carbonyl (C=O) groups is 1. The normalized spacial score (nSPS) is 27.7. The fourth-order valence-electron chi connectivity index (χ4n) is 2.87. The summed E-state index contributed by atoms with van der Waals surface area (Å²) in [6.45, 7) is 1.94. The van der Waals surface area contributed by atoms with Gasteiger partial charge in [-0.25, -0.2) is 8.78 Å². The second-order valence-corrected chi connectivity index (χ2v) is 6.17. The first kappa shape index (κ1) is 15.2. The van der Waals surface area contributed by atoms with Crippen molar-refractivity contribution in [2.45, 2.75) is 44.1 Å². The number of ether oxygens (including phenoxy) is 1. The first-order valence-corrected chi connectivity index (χ1v) is 7.98. The molecular weight excluding hydrogens is 320 g/mol. The van der Waals surface area contributed by atoms with Crippen molar-refractivity contribution in [3.05, 3.63) is 0 Å². The molecule has 2 rings (SSSR count). The average Bonchev–Trinajstić information content (AvgIpc) is 2.76. The summed E-state index contributed by atoms with van der Waals surface area (Å²) in [5.41, 5.74) is 0. The third kappa shape index (κ3) is 4.12. The number of rotatable bonds is 4. The summed E-state index contributed by atoms with van der Waals surface area (Å²) in [5.74, 6) is -3.21. The Morgan fingerprint density at radius 1 is 1.32 bits per heavy atom. The van der Waals surface area contributed by atoms with Crippen LogP contribution in [0.1, 0.15) is 32.1 Å². The molecule has 3 nitrogen and oxygen atoms in total. The van der Waals surface area contributed by atoms with Gasteiger partial charge in [0.2, 0.25) is 11.8 Å². The molecule has 0 aromatic carbocycles. The lowest BCUT2D eigenvalue weighted by molar-refractivity contribution is -0.138. The molecule has 1 heterocycles. The van der Waals surface area contributed by atoms with Gasteiger partial charge >= 0.3 is 0 Å². The maximum absolute atomic E-state index is 13.1. The van der Waals surface area contributed by atoms with E-state index < -0.39 is 11.8 Å². The highest BCUT2D eigenvalue weighted by atomic mass is 79.9. The van der Waals surface area contributed by atoms with Gasteiger partial charge in [0.1, 0.15) is 0 Å². The summed E-state index contributed by atoms with van der Waals surface area (Å²) in [4.78, 5) is 13.9. The zero-order chi connectivity index (χ0) is 13.9. The van der Waals surface area contributed by atoms with Crippen LogP contribution in [0.4, 0.5) is 8.78 Å². The van der Waals surface area contributed by atoms with Gasteiger partial charge in [-0.2, -0.15) is 0 Å². The van der Waals surface area contributed by atoms with Gasteiger partial charge in [-0.1, -0.05) is 15.9 Å². The number of alkyl halides is 3. The lowest BCUT2D eigenvalue weighted by Crippen LogP contribution is -2.43.